The zero-order chi connectivity index (χ0) is 14.5. The largest absolute Gasteiger partial charge is 0.494 e. The molecule has 0 aromatic heterocycles. The van der Waals surface area contributed by atoms with Crippen LogP contribution >= 0.6 is 0 Å². The molecule has 0 radical (unpaired) electrons. The lowest BCUT2D eigenvalue weighted by Gasteiger charge is -2.27. The predicted molar refractivity (Wildman–Crippen MR) is 73.2 cm³/mol. The lowest BCUT2D eigenvalue weighted by atomic mass is 9.86. The van der Waals surface area contributed by atoms with E-state index in [0.717, 1.165) is 24.8 Å². The van der Waals surface area contributed by atoms with Crippen molar-refractivity contribution in [3.8, 4) is 5.75 Å². The number of carbonyl (C=O) groups is 1. The van der Waals surface area contributed by atoms with E-state index in [1.807, 2.05) is 6.07 Å². The summed E-state index contributed by atoms with van der Waals surface area (Å²) in [5.74, 6) is -1.11. The number of carboxylic acids is 1. The van der Waals surface area contributed by atoms with E-state index in [0.29, 0.717) is 13.0 Å². The quantitative estimate of drug-likeness (QED) is 0.871. The molecule has 20 heavy (non-hydrogen) atoms. The van der Waals surface area contributed by atoms with Crippen LogP contribution < -0.4 is 10.1 Å². The number of methoxy groups -OCH3 is 1. The third-order valence-corrected chi connectivity index (χ3v) is 3.83. The van der Waals surface area contributed by atoms with E-state index < -0.39 is 5.97 Å². The van der Waals surface area contributed by atoms with Gasteiger partial charge in [-0.3, -0.25) is 4.79 Å². The van der Waals surface area contributed by atoms with Gasteiger partial charge in [0, 0.05) is 12.6 Å². The molecule has 4 nitrogen and oxygen atoms in total. The third-order valence-electron chi connectivity index (χ3n) is 3.83. The Balaban J connectivity index is 1.88. The SMILES string of the molecule is COc1ccc(CNC2CCCC(C(=O)O)C2)cc1F. The van der Waals surface area contributed by atoms with Crippen LogP contribution in [0.15, 0.2) is 18.2 Å². The Hall–Kier alpha value is -1.62. The molecule has 1 aliphatic rings. The van der Waals surface area contributed by atoms with Crippen LogP contribution in [0.1, 0.15) is 31.2 Å². The maximum atomic E-state index is 13.6. The van der Waals surface area contributed by atoms with Crippen molar-refractivity contribution < 1.29 is 19.0 Å². The van der Waals surface area contributed by atoms with Crippen molar-refractivity contribution in [3.05, 3.63) is 29.6 Å². The van der Waals surface area contributed by atoms with Crippen LogP contribution in [0.2, 0.25) is 0 Å². The van der Waals surface area contributed by atoms with Crippen molar-refractivity contribution in [1.29, 1.82) is 0 Å². The fraction of sp³-hybridized carbons (Fsp3) is 0.533. The van der Waals surface area contributed by atoms with Gasteiger partial charge in [0.25, 0.3) is 0 Å². The fourth-order valence-electron chi connectivity index (χ4n) is 2.68. The Bertz CT molecular complexity index is 478. The Morgan fingerprint density at radius 2 is 2.30 bits per heavy atom. The monoisotopic (exact) mass is 281 g/mol. The van der Waals surface area contributed by atoms with E-state index in [4.69, 9.17) is 9.84 Å². The van der Waals surface area contributed by atoms with Gasteiger partial charge in [0.15, 0.2) is 11.6 Å². The zero-order valence-electron chi connectivity index (χ0n) is 11.6. The Morgan fingerprint density at radius 1 is 1.50 bits per heavy atom. The van der Waals surface area contributed by atoms with Gasteiger partial charge in [0.2, 0.25) is 0 Å². The summed E-state index contributed by atoms with van der Waals surface area (Å²) in [6, 6.07) is 5.05. The number of hydrogen-bond donors (Lipinski definition) is 2. The number of hydrogen-bond acceptors (Lipinski definition) is 3. The van der Waals surface area contributed by atoms with Gasteiger partial charge in [-0.05, 0) is 37.0 Å². The molecule has 2 rings (SSSR count). The van der Waals surface area contributed by atoms with Crippen molar-refractivity contribution in [2.75, 3.05) is 7.11 Å². The molecule has 1 fully saturated rings. The van der Waals surface area contributed by atoms with Crippen LogP contribution in [0.25, 0.3) is 0 Å². The second kappa shape index (κ2) is 6.70. The predicted octanol–water partition coefficient (Wildman–Crippen LogP) is 2.57. The highest BCUT2D eigenvalue weighted by Crippen LogP contribution is 2.25. The fourth-order valence-corrected chi connectivity index (χ4v) is 2.68. The highest BCUT2D eigenvalue weighted by Gasteiger charge is 2.26. The summed E-state index contributed by atoms with van der Waals surface area (Å²) in [6.45, 7) is 0.540. The second-order valence-electron chi connectivity index (χ2n) is 5.25. The van der Waals surface area contributed by atoms with Crippen molar-refractivity contribution in [2.24, 2.45) is 5.92 Å². The van der Waals surface area contributed by atoms with Crippen LogP contribution in [0.4, 0.5) is 4.39 Å². The number of rotatable bonds is 5. The van der Waals surface area contributed by atoms with Gasteiger partial charge in [-0.1, -0.05) is 12.5 Å². The highest BCUT2D eigenvalue weighted by molar-refractivity contribution is 5.70. The first-order valence-corrected chi connectivity index (χ1v) is 6.88. The smallest absolute Gasteiger partial charge is 0.306 e. The van der Waals surface area contributed by atoms with Crippen LogP contribution in [-0.2, 0) is 11.3 Å². The van der Waals surface area contributed by atoms with Crippen LogP contribution in [-0.4, -0.2) is 24.2 Å². The minimum absolute atomic E-state index is 0.190. The summed E-state index contributed by atoms with van der Waals surface area (Å²) >= 11 is 0. The molecule has 0 spiro atoms. The normalized spacial score (nSPS) is 22.5. The zero-order valence-corrected chi connectivity index (χ0v) is 11.6. The molecule has 2 atom stereocenters. The molecule has 1 saturated carbocycles. The maximum absolute atomic E-state index is 13.6. The standard InChI is InChI=1S/C15H20FNO3/c1-20-14-6-5-10(7-13(14)16)9-17-12-4-2-3-11(8-12)15(18)19/h5-7,11-12,17H,2-4,8-9H2,1H3,(H,18,19). The van der Waals surface area contributed by atoms with Crippen LogP contribution in [0.3, 0.4) is 0 Å². The van der Waals surface area contributed by atoms with Gasteiger partial charge in [0.05, 0.1) is 13.0 Å². The molecular weight excluding hydrogens is 261 g/mol. The molecular formula is C15H20FNO3. The molecule has 2 unspecified atom stereocenters. The average Bonchev–Trinajstić information content (AvgIpc) is 2.45. The lowest BCUT2D eigenvalue weighted by Crippen LogP contribution is -2.36. The van der Waals surface area contributed by atoms with Crippen molar-refractivity contribution in [3.63, 3.8) is 0 Å². The molecule has 0 amide bonds. The Kier molecular flexibility index (Phi) is 4.95. The summed E-state index contributed by atoms with van der Waals surface area (Å²) in [7, 11) is 1.43. The van der Waals surface area contributed by atoms with Crippen molar-refractivity contribution >= 4 is 5.97 Å². The number of halogens is 1. The Morgan fingerprint density at radius 3 is 2.95 bits per heavy atom. The molecule has 5 heteroatoms. The summed E-state index contributed by atoms with van der Waals surface area (Å²) in [5, 5.41) is 12.4. The number of nitrogens with one attached hydrogen (secondary N) is 1. The third kappa shape index (κ3) is 3.70. The van der Waals surface area contributed by atoms with Crippen LogP contribution in [0, 0.1) is 11.7 Å². The number of aliphatic carboxylic acids is 1. The number of ether oxygens (including phenoxy) is 1. The van der Waals surface area contributed by atoms with E-state index >= 15 is 0 Å². The first kappa shape index (κ1) is 14.8. The minimum atomic E-state index is -0.716. The molecule has 0 heterocycles. The van der Waals surface area contributed by atoms with E-state index in [1.165, 1.54) is 13.2 Å². The molecule has 0 saturated heterocycles. The number of carboxylic acid groups (broad SMARTS) is 1. The summed E-state index contributed by atoms with van der Waals surface area (Å²) in [5.41, 5.74) is 0.834. The van der Waals surface area contributed by atoms with Crippen molar-refractivity contribution in [2.45, 2.75) is 38.3 Å². The van der Waals surface area contributed by atoms with Gasteiger partial charge in [-0.2, -0.15) is 0 Å². The molecule has 0 bridgehead atoms. The molecule has 1 aromatic carbocycles. The average molecular weight is 281 g/mol. The summed E-state index contributed by atoms with van der Waals surface area (Å²) in [6.07, 6.45) is 3.30. The topological polar surface area (TPSA) is 58.6 Å². The van der Waals surface area contributed by atoms with Gasteiger partial charge < -0.3 is 15.2 Å². The molecule has 2 N–H and O–H groups in total. The van der Waals surface area contributed by atoms with E-state index in [-0.39, 0.29) is 23.5 Å². The van der Waals surface area contributed by atoms with Gasteiger partial charge in [-0.25, -0.2) is 4.39 Å². The van der Waals surface area contributed by atoms with Gasteiger partial charge in [-0.15, -0.1) is 0 Å². The van der Waals surface area contributed by atoms with E-state index in [1.54, 1.807) is 6.07 Å². The first-order valence-electron chi connectivity index (χ1n) is 6.88. The van der Waals surface area contributed by atoms with E-state index in [9.17, 15) is 9.18 Å². The number of benzene rings is 1. The lowest BCUT2D eigenvalue weighted by molar-refractivity contribution is -0.143. The van der Waals surface area contributed by atoms with Crippen molar-refractivity contribution in [1.82, 2.24) is 5.32 Å². The second-order valence-corrected chi connectivity index (χ2v) is 5.25. The summed E-state index contributed by atoms with van der Waals surface area (Å²) < 4.78 is 18.4. The maximum Gasteiger partial charge on any atom is 0.306 e. The molecule has 1 aromatic rings. The highest BCUT2D eigenvalue weighted by atomic mass is 19.1. The van der Waals surface area contributed by atoms with Gasteiger partial charge in [0.1, 0.15) is 0 Å². The minimum Gasteiger partial charge on any atom is -0.494 e. The Labute approximate surface area is 117 Å². The summed E-state index contributed by atoms with van der Waals surface area (Å²) in [4.78, 5) is 11.0. The van der Waals surface area contributed by atoms with Gasteiger partial charge >= 0.3 is 5.97 Å². The van der Waals surface area contributed by atoms with Crippen LogP contribution in [0.5, 0.6) is 5.75 Å². The molecule has 110 valence electrons. The first-order chi connectivity index (χ1) is 9.60. The van der Waals surface area contributed by atoms with E-state index in [2.05, 4.69) is 5.32 Å². The molecule has 1 aliphatic carbocycles. The molecule has 0 aliphatic heterocycles.